The van der Waals surface area contributed by atoms with Gasteiger partial charge in [0, 0.05) is 27.3 Å². The first-order valence-electron chi connectivity index (χ1n) is 10.3. The molecule has 3 aromatic rings. The summed E-state index contributed by atoms with van der Waals surface area (Å²) in [6, 6.07) is 9.00. The molecule has 0 bridgehead atoms. The van der Waals surface area contributed by atoms with E-state index in [1.54, 1.807) is 36.0 Å². The lowest BCUT2D eigenvalue weighted by Gasteiger charge is -2.12. The quantitative estimate of drug-likeness (QED) is 0.359. The molecule has 0 fully saturated rings. The van der Waals surface area contributed by atoms with Gasteiger partial charge >= 0.3 is 0 Å². The molecule has 3 rings (SSSR count). The summed E-state index contributed by atoms with van der Waals surface area (Å²) in [6.07, 6.45) is 2.95. The van der Waals surface area contributed by atoms with Crippen LogP contribution in [-0.4, -0.2) is 41.6 Å². The molecule has 33 heavy (non-hydrogen) atoms. The third-order valence-corrected chi connectivity index (χ3v) is 8.10. The van der Waals surface area contributed by atoms with Gasteiger partial charge in [-0.05, 0) is 66.0 Å². The van der Waals surface area contributed by atoms with Gasteiger partial charge in [-0.1, -0.05) is 34.1 Å². The molecule has 1 amide bonds. The SMILES string of the molecule is CCS(=O)(=O)c1ccc(Br)c(C(=O)NCCCc2cn([C@@H](C)c3ccc(Br)cc3F)nn2)c1. The highest BCUT2D eigenvalue weighted by atomic mass is 79.9. The molecule has 2 aromatic carbocycles. The van der Waals surface area contributed by atoms with Gasteiger partial charge in [0.1, 0.15) is 5.82 Å². The molecule has 0 spiro atoms. The van der Waals surface area contributed by atoms with Gasteiger partial charge in [-0.25, -0.2) is 17.5 Å². The second kappa shape index (κ2) is 10.9. The number of aromatic nitrogens is 3. The Morgan fingerprint density at radius 1 is 1.21 bits per heavy atom. The van der Waals surface area contributed by atoms with Crippen LogP contribution in [0.2, 0.25) is 0 Å². The monoisotopic (exact) mass is 600 g/mol. The lowest BCUT2D eigenvalue weighted by atomic mass is 10.1. The Morgan fingerprint density at radius 3 is 2.67 bits per heavy atom. The predicted molar refractivity (Wildman–Crippen MR) is 130 cm³/mol. The fourth-order valence-electron chi connectivity index (χ4n) is 3.21. The maximum absolute atomic E-state index is 14.2. The van der Waals surface area contributed by atoms with E-state index in [1.807, 2.05) is 6.92 Å². The summed E-state index contributed by atoms with van der Waals surface area (Å²) in [5, 5.41) is 11.1. The highest BCUT2D eigenvalue weighted by Crippen LogP contribution is 2.24. The number of aryl methyl sites for hydroxylation is 1. The van der Waals surface area contributed by atoms with Crippen molar-refractivity contribution in [1.29, 1.82) is 0 Å². The summed E-state index contributed by atoms with van der Waals surface area (Å²) in [4.78, 5) is 12.7. The Balaban J connectivity index is 1.56. The van der Waals surface area contributed by atoms with Crippen LogP contribution in [0, 0.1) is 5.82 Å². The van der Waals surface area contributed by atoms with E-state index in [0.717, 1.165) is 5.69 Å². The van der Waals surface area contributed by atoms with E-state index in [4.69, 9.17) is 0 Å². The number of halogens is 3. The third-order valence-electron chi connectivity index (χ3n) is 5.18. The summed E-state index contributed by atoms with van der Waals surface area (Å²) < 4.78 is 41.2. The Morgan fingerprint density at radius 2 is 1.97 bits per heavy atom. The standard InChI is InChI=1S/C22H23Br2FN4O3S/c1-3-33(31,32)17-7-9-20(24)19(12-17)22(30)26-10-4-5-16-13-29(28-27-16)14(2)18-8-6-15(23)11-21(18)25/h6-9,11-14H,3-5,10H2,1-2H3,(H,26,30)/t14-/m0/s1. The molecule has 1 N–H and O–H groups in total. The number of carbonyl (C=O) groups is 1. The first kappa shape index (κ1) is 25.5. The van der Waals surface area contributed by atoms with Gasteiger partial charge < -0.3 is 5.32 Å². The van der Waals surface area contributed by atoms with Crippen LogP contribution in [0.25, 0.3) is 0 Å². The van der Waals surface area contributed by atoms with Crippen LogP contribution < -0.4 is 5.32 Å². The van der Waals surface area contributed by atoms with Gasteiger partial charge in [0.25, 0.3) is 5.91 Å². The number of hydrogen-bond acceptors (Lipinski definition) is 5. The predicted octanol–water partition coefficient (Wildman–Crippen LogP) is 4.71. The van der Waals surface area contributed by atoms with Gasteiger partial charge in [0.15, 0.2) is 9.84 Å². The Bertz CT molecular complexity index is 1260. The highest BCUT2D eigenvalue weighted by Gasteiger charge is 2.18. The summed E-state index contributed by atoms with van der Waals surface area (Å²) in [5.41, 5.74) is 1.51. The smallest absolute Gasteiger partial charge is 0.252 e. The molecule has 0 radical (unpaired) electrons. The molecule has 0 saturated carbocycles. The van der Waals surface area contributed by atoms with Crippen LogP contribution in [0.1, 0.15) is 47.9 Å². The largest absolute Gasteiger partial charge is 0.352 e. The van der Waals surface area contributed by atoms with Gasteiger partial charge in [-0.2, -0.15) is 0 Å². The second-order valence-corrected chi connectivity index (χ2v) is 11.5. The Labute approximate surface area is 208 Å². The molecule has 1 heterocycles. The summed E-state index contributed by atoms with van der Waals surface area (Å²) in [5.74, 6) is -0.722. The van der Waals surface area contributed by atoms with E-state index in [1.165, 1.54) is 18.2 Å². The van der Waals surface area contributed by atoms with Gasteiger partial charge in [-0.15, -0.1) is 5.10 Å². The maximum Gasteiger partial charge on any atom is 0.252 e. The molecule has 11 heteroatoms. The lowest BCUT2D eigenvalue weighted by Crippen LogP contribution is -2.25. The Hall–Kier alpha value is -2.11. The van der Waals surface area contributed by atoms with Crippen LogP contribution in [0.4, 0.5) is 4.39 Å². The van der Waals surface area contributed by atoms with E-state index in [-0.39, 0.29) is 34.0 Å². The van der Waals surface area contributed by atoms with E-state index < -0.39 is 9.84 Å². The van der Waals surface area contributed by atoms with E-state index >= 15 is 0 Å². The van der Waals surface area contributed by atoms with Crippen LogP contribution in [0.15, 0.2) is 56.4 Å². The maximum atomic E-state index is 14.2. The molecule has 1 atom stereocenters. The molecule has 7 nitrogen and oxygen atoms in total. The van der Waals surface area contributed by atoms with Crippen molar-refractivity contribution in [3.63, 3.8) is 0 Å². The third kappa shape index (κ3) is 6.27. The second-order valence-electron chi connectivity index (χ2n) is 7.44. The first-order valence-corrected chi connectivity index (χ1v) is 13.5. The fraction of sp³-hybridized carbons (Fsp3) is 0.318. The lowest BCUT2D eigenvalue weighted by molar-refractivity contribution is 0.0952. The number of carbonyl (C=O) groups excluding carboxylic acids is 1. The van der Waals surface area contributed by atoms with Crippen LogP contribution in [-0.2, 0) is 16.3 Å². The normalized spacial score (nSPS) is 12.5. The topological polar surface area (TPSA) is 94.0 Å². The van der Waals surface area contributed by atoms with E-state index in [9.17, 15) is 17.6 Å². The van der Waals surface area contributed by atoms with E-state index in [2.05, 4.69) is 47.5 Å². The molecule has 0 aliphatic carbocycles. The number of hydrogen-bond donors (Lipinski definition) is 1. The Kier molecular flexibility index (Phi) is 8.41. The van der Waals surface area contributed by atoms with Crippen LogP contribution in [0.3, 0.4) is 0 Å². The van der Waals surface area contributed by atoms with Crippen molar-refractivity contribution >= 4 is 47.6 Å². The summed E-state index contributed by atoms with van der Waals surface area (Å²) in [7, 11) is -3.41. The molecular formula is C22H23Br2FN4O3S. The molecule has 176 valence electrons. The zero-order valence-corrected chi connectivity index (χ0v) is 22.0. The number of sulfone groups is 1. The van der Waals surface area contributed by atoms with Crippen molar-refractivity contribution < 1.29 is 17.6 Å². The summed E-state index contributed by atoms with van der Waals surface area (Å²) in [6.45, 7) is 3.78. The van der Waals surface area contributed by atoms with Crippen molar-refractivity contribution in [3.05, 3.63) is 74.2 Å². The minimum atomic E-state index is -3.41. The first-order chi connectivity index (χ1) is 15.6. The van der Waals surface area contributed by atoms with Crippen molar-refractivity contribution in [1.82, 2.24) is 20.3 Å². The van der Waals surface area contributed by atoms with Crippen molar-refractivity contribution in [2.24, 2.45) is 0 Å². The van der Waals surface area contributed by atoms with E-state index in [0.29, 0.717) is 33.9 Å². The number of nitrogens with one attached hydrogen (secondary N) is 1. The zero-order valence-electron chi connectivity index (χ0n) is 18.1. The minimum absolute atomic E-state index is 0.0382. The average Bonchev–Trinajstić information content (AvgIpc) is 3.25. The van der Waals surface area contributed by atoms with Crippen LogP contribution in [0.5, 0.6) is 0 Å². The van der Waals surface area contributed by atoms with Crippen molar-refractivity contribution in [3.8, 4) is 0 Å². The molecule has 0 aliphatic heterocycles. The molecule has 0 aliphatic rings. The van der Waals surface area contributed by atoms with Gasteiger partial charge in [-0.3, -0.25) is 4.79 Å². The van der Waals surface area contributed by atoms with Crippen molar-refractivity contribution in [2.75, 3.05) is 12.3 Å². The number of rotatable bonds is 9. The van der Waals surface area contributed by atoms with Crippen LogP contribution >= 0.6 is 31.9 Å². The average molecular weight is 602 g/mol. The number of amides is 1. The van der Waals surface area contributed by atoms with Gasteiger partial charge in [0.2, 0.25) is 0 Å². The molecule has 1 aromatic heterocycles. The minimum Gasteiger partial charge on any atom is -0.352 e. The number of benzene rings is 2. The molecule has 0 saturated heterocycles. The fourth-order valence-corrected chi connectivity index (χ4v) is 4.87. The molecule has 0 unspecified atom stereocenters. The summed E-state index contributed by atoms with van der Waals surface area (Å²) >= 11 is 6.56. The number of nitrogens with zero attached hydrogens (tertiary/aromatic N) is 3. The molecular weight excluding hydrogens is 579 g/mol. The highest BCUT2D eigenvalue weighted by molar-refractivity contribution is 9.10. The zero-order chi connectivity index (χ0) is 24.2. The van der Waals surface area contributed by atoms with Gasteiger partial charge in [0.05, 0.1) is 27.9 Å². The van der Waals surface area contributed by atoms with Crippen molar-refractivity contribution in [2.45, 2.75) is 37.6 Å².